The average Bonchev–Trinajstić information content (AvgIpc) is 3.18. The van der Waals surface area contributed by atoms with Gasteiger partial charge >= 0.3 is 0 Å². The molecule has 0 saturated heterocycles. The number of benzene rings is 3. The van der Waals surface area contributed by atoms with Crippen LogP contribution in [0.1, 0.15) is 48.6 Å². The van der Waals surface area contributed by atoms with E-state index < -0.39 is 0 Å². The Morgan fingerprint density at radius 2 is 1.77 bits per heavy atom. The fourth-order valence-electron chi connectivity index (χ4n) is 4.72. The first-order chi connectivity index (χ1) is 14.5. The smallest absolute Gasteiger partial charge is 0.0612 e. The van der Waals surface area contributed by atoms with Crippen LogP contribution in [-0.4, -0.2) is 9.38 Å². The molecule has 0 fully saturated rings. The van der Waals surface area contributed by atoms with Crippen molar-refractivity contribution < 1.29 is 20.1 Å². The summed E-state index contributed by atoms with van der Waals surface area (Å²) in [7, 11) is 0. The van der Waals surface area contributed by atoms with Crippen LogP contribution < -0.4 is 0 Å². The summed E-state index contributed by atoms with van der Waals surface area (Å²) >= 11 is 0. The van der Waals surface area contributed by atoms with Crippen molar-refractivity contribution in [1.29, 1.82) is 0 Å². The fraction of sp³-hybridized carbons (Fsp3) is 0.250. The normalized spacial score (nSPS) is 12.4. The van der Waals surface area contributed by atoms with E-state index in [1.807, 2.05) is 0 Å². The van der Waals surface area contributed by atoms with Crippen LogP contribution in [-0.2, 0) is 20.1 Å². The van der Waals surface area contributed by atoms with Crippen molar-refractivity contribution in [3.8, 4) is 11.1 Å². The number of hydrogen-bond acceptors (Lipinski definition) is 1. The first-order valence-electron chi connectivity index (χ1n) is 10.8. The molecule has 2 heterocycles. The van der Waals surface area contributed by atoms with E-state index in [9.17, 15) is 0 Å². The van der Waals surface area contributed by atoms with Crippen molar-refractivity contribution in [2.24, 2.45) is 0 Å². The van der Waals surface area contributed by atoms with Crippen molar-refractivity contribution in [2.45, 2.75) is 47.0 Å². The Morgan fingerprint density at radius 1 is 1.00 bits per heavy atom. The third-order valence-electron chi connectivity index (χ3n) is 6.45. The Labute approximate surface area is 197 Å². The molecule has 3 heteroatoms. The Bertz CT molecular complexity index is 1430. The molecule has 0 bridgehead atoms. The molecule has 2 aromatic heterocycles. The maximum atomic E-state index is 5.11. The van der Waals surface area contributed by atoms with Crippen LogP contribution in [0.15, 0.2) is 54.7 Å². The van der Waals surface area contributed by atoms with Crippen molar-refractivity contribution in [3.05, 3.63) is 83.2 Å². The van der Waals surface area contributed by atoms with Gasteiger partial charge in [-0.15, -0.1) is 18.2 Å². The minimum atomic E-state index is 0. The second kappa shape index (κ2) is 8.22. The summed E-state index contributed by atoms with van der Waals surface area (Å²) in [5, 5.41) is 3.63. The maximum Gasteiger partial charge on any atom is 0.0612 e. The van der Waals surface area contributed by atoms with E-state index in [0.717, 1.165) is 23.1 Å². The molecule has 0 saturated carbocycles. The molecular weight excluding hydrogens is 557 g/mol. The van der Waals surface area contributed by atoms with Crippen LogP contribution in [0.25, 0.3) is 38.4 Å². The van der Waals surface area contributed by atoms with Crippen molar-refractivity contribution in [3.63, 3.8) is 0 Å². The molecular formula is C28H27IrN2-. The quantitative estimate of drug-likeness (QED) is 0.158. The zero-order valence-corrected chi connectivity index (χ0v) is 21.1. The van der Waals surface area contributed by atoms with Gasteiger partial charge in [0, 0.05) is 31.8 Å². The van der Waals surface area contributed by atoms with E-state index in [1.54, 1.807) is 0 Å². The molecule has 1 atom stereocenters. The molecule has 0 amide bonds. The van der Waals surface area contributed by atoms with E-state index in [4.69, 9.17) is 4.98 Å². The largest absolute Gasteiger partial charge is 0.340 e. The third-order valence-corrected chi connectivity index (χ3v) is 6.45. The summed E-state index contributed by atoms with van der Waals surface area (Å²) in [5.74, 6) is 0.431. The molecule has 0 spiro atoms. The van der Waals surface area contributed by atoms with Gasteiger partial charge in [-0.2, -0.15) is 0 Å². The standard InChI is InChI=1S/C28H27N2.Ir/c1-6-18(3)25-16-30-27-20(5)14-17(2)15-24(27)26-22(21-11-8-7-10-19(21)4)12-9-13-23(26)28(30)29-25;/h7-12,14-16,18H,6H2,1-5H3;/q-1;. The van der Waals surface area contributed by atoms with E-state index >= 15 is 0 Å². The van der Waals surface area contributed by atoms with E-state index in [0.29, 0.717) is 5.92 Å². The van der Waals surface area contributed by atoms with Crippen LogP contribution in [0.2, 0.25) is 0 Å². The molecule has 31 heavy (non-hydrogen) atoms. The predicted molar refractivity (Wildman–Crippen MR) is 127 cm³/mol. The SMILES string of the molecule is CCC(C)c1cn2c(n1)c1[c-]ccc(-c3ccccc3C)c1c1cc(C)cc(C)c12.[Ir]. The molecule has 0 aliphatic carbocycles. The number of fused-ring (bicyclic) bond motifs is 6. The topological polar surface area (TPSA) is 17.3 Å². The van der Waals surface area contributed by atoms with Crippen LogP contribution in [0.4, 0.5) is 0 Å². The van der Waals surface area contributed by atoms with E-state index in [2.05, 4.69) is 99.8 Å². The monoisotopic (exact) mass is 584 g/mol. The van der Waals surface area contributed by atoms with Gasteiger partial charge in [0.25, 0.3) is 0 Å². The Kier molecular flexibility index (Phi) is 5.77. The number of hydrogen-bond donors (Lipinski definition) is 0. The van der Waals surface area contributed by atoms with Crippen molar-refractivity contribution >= 4 is 27.3 Å². The molecule has 3 aromatic carbocycles. The van der Waals surface area contributed by atoms with Gasteiger partial charge in [0.2, 0.25) is 0 Å². The zero-order chi connectivity index (χ0) is 21.0. The number of aromatic nitrogens is 2. The van der Waals surface area contributed by atoms with Gasteiger partial charge in [-0.05, 0) is 55.2 Å². The number of nitrogens with zero attached hydrogens (tertiary/aromatic N) is 2. The molecule has 0 N–H and O–H groups in total. The summed E-state index contributed by atoms with van der Waals surface area (Å²) < 4.78 is 2.30. The predicted octanol–water partition coefficient (Wildman–Crippen LogP) is 7.54. The summed E-state index contributed by atoms with van der Waals surface area (Å²) in [4.78, 5) is 5.11. The molecule has 159 valence electrons. The molecule has 5 aromatic rings. The third kappa shape index (κ3) is 3.41. The molecule has 0 aliphatic heterocycles. The van der Waals surface area contributed by atoms with Gasteiger partial charge in [0.15, 0.2) is 0 Å². The second-order valence-corrected chi connectivity index (χ2v) is 8.60. The minimum absolute atomic E-state index is 0. The number of imidazole rings is 1. The fourth-order valence-corrected chi connectivity index (χ4v) is 4.72. The maximum absolute atomic E-state index is 5.11. The first kappa shape index (κ1) is 21.7. The molecule has 1 radical (unpaired) electrons. The summed E-state index contributed by atoms with van der Waals surface area (Å²) in [6.07, 6.45) is 3.32. The average molecular weight is 584 g/mol. The van der Waals surface area contributed by atoms with Gasteiger partial charge < -0.3 is 4.40 Å². The van der Waals surface area contributed by atoms with Gasteiger partial charge in [0.1, 0.15) is 0 Å². The van der Waals surface area contributed by atoms with Gasteiger partial charge in [-0.3, -0.25) is 4.98 Å². The Balaban J connectivity index is 0.00000231. The first-order valence-corrected chi connectivity index (χ1v) is 10.8. The minimum Gasteiger partial charge on any atom is -0.340 e. The number of rotatable bonds is 3. The molecule has 1 unspecified atom stereocenters. The van der Waals surface area contributed by atoms with E-state index in [1.165, 1.54) is 44.1 Å². The zero-order valence-electron chi connectivity index (χ0n) is 18.7. The molecule has 2 nitrogen and oxygen atoms in total. The molecule has 5 rings (SSSR count). The Morgan fingerprint density at radius 3 is 2.52 bits per heavy atom. The van der Waals surface area contributed by atoms with Gasteiger partial charge in [-0.25, -0.2) is 0 Å². The van der Waals surface area contributed by atoms with Crippen LogP contribution in [0.3, 0.4) is 0 Å². The van der Waals surface area contributed by atoms with Crippen LogP contribution >= 0.6 is 0 Å². The van der Waals surface area contributed by atoms with E-state index in [-0.39, 0.29) is 20.1 Å². The second-order valence-electron chi connectivity index (χ2n) is 8.60. The summed E-state index contributed by atoms with van der Waals surface area (Å²) in [6.45, 7) is 11.1. The van der Waals surface area contributed by atoms with Gasteiger partial charge in [0.05, 0.1) is 11.3 Å². The molecule has 0 aliphatic rings. The summed E-state index contributed by atoms with van der Waals surface area (Å²) in [6, 6.07) is 21.0. The Hall–Kier alpha value is -2.48. The number of pyridine rings is 1. The van der Waals surface area contributed by atoms with Crippen molar-refractivity contribution in [1.82, 2.24) is 9.38 Å². The van der Waals surface area contributed by atoms with Crippen LogP contribution in [0, 0.1) is 26.8 Å². The summed E-state index contributed by atoms with van der Waals surface area (Å²) in [5.41, 5.74) is 9.79. The number of aryl methyl sites for hydroxylation is 3. The van der Waals surface area contributed by atoms with Crippen LogP contribution in [0.5, 0.6) is 0 Å². The van der Waals surface area contributed by atoms with Gasteiger partial charge in [-0.1, -0.05) is 72.1 Å². The van der Waals surface area contributed by atoms with Crippen molar-refractivity contribution in [2.75, 3.05) is 0 Å².